The van der Waals surface area contributed by atoms with E-state index in [1.165, 1.54) is 18.1 Å². The van der Waals surface area contributed by atoms with Gasteiger partial charge < -0.3 is 10.1 Å². The largest absolute Gasteiger partial charge is 0.497 e. The summed E-state index contributed by atoms with van der Waals surface area (Å²) in [5, 5.41) is 13.0. The van der Waals surface area contributed by atoms with Crippen molar-refractivity contribution in [3.05, 3.63) is 41.7 Å². The Bertz CT molecular complexity index is 622. The summed E-state index contributed by atoms with van der Waals surface area (Å²) in [5.41, 5.74) is 1.56. The van der Waals surface area contributed by atoms with Gasteiger partial charge in [0, 0.05) is 6.54 Å². The van der Waals surface area contributed by atoms with Crippen LogP contribution in [0.1, 0.15) is 11.1 Å². The van der Waals surface area contributed by atoms with Gasteiger partial charge in [-0.2, -0.15) is 5.26 Å². The van der Waals surface area contributed by atoms with E-state index >= 15 is 0 Å². The molecule has 0 spiro atoms. The average Bonchev–Trinajstić information content (AvgIpc) is 2.52. The Balaban J connectivity index is 2.12. The Morgan fingerprint density at radius 3 is 2.65 bits per heavy atom. The van der Waals surface area contributed by atoms with Crippen molar-refractivity contribution < 1.29 is 4.74 Å². The van der Waals surface area contributed by atoms with Crippen molar-refractivity contribution in [3.63, 3.8) is 0 Å². The van der Waals surface area contributed by atoms with Crippen LogP contribution in [0.3, 0.4) is 0 Å². The molecule has 0 radical (unpaired) electrons. The zero-order valence-electron chi connectivity index (χ0n) is 11.3. The van der Waals surface area contributed by atoms with Crippen molar-refractivity contribution >= 4 is 17.6 Å². The Morgan fingerprint density at radius 2 is 2.05 bits per heavy atom. The third-order valence-corrected chi connectivity index (χ3v) is 3.43. The molecule has 0 fully saturated rings. The molecule has 102 valence electrons. The number of methoxy groups -OCH3 is 1. The van der Waals surface area contributed by atoms with E-state index in [0.717, 1.165) is 11.3 Å². The van der Waals surface area contributed by atoms with Crippen LogP contribution in [0.2, 0.25) is 0 Å². The van der Waals surface area contributed by atoms with Gasteiger partial charge in [-0.25, -0.2) is 9.97 Å². The fourth-order valence-electron chi connectivity index (χ4n) is 1.69. The number of nitrogens with zero attached hydrogens (tertiary/aromatic N) is 3. The third kappa shape index (κ3) is 3.19. The van der Waals surface area contributed by atoms with E-state index in [1.54, 1.807) is 7.11 Å². The summed E-state index contributed by atoms with van der Waals surface area (Å²) in [6.07, 6.45) is 3.35. The first kappa shape index (κ1) is 14.2. The summed E-state index contributed by atoms with van der Waals surface area (Å²) in [7, 11) is 1.64. The molecular formula is C14H14N4OS. The molecule has 0 aliphatic heterocycles. The van der Waals surface area contributed by atoms with E-state index in [4.69, 9.17) is 4.74 Å². The normalized spacial score (nSPS) is 9.85. The van der Waals surface area contributed by atoms with Gasteiger partial charge >= 0.3 is 0 Å². The number of nitrogens with one attached hydrogen (secondary N) is 1. The van der Waals surface area contributed by atoms with E-state index in [2.05, 4.69) is 21.4 Å². The number of anilines is 1. The number of ether oxygens (including phenoxy) is 1. The van der Waals surface area contributed by atoms with Crippen molar-refractivity contribution in [1.82, 2.24) is 9.97 Å². The molecule has 0 atom stereocenters. The number of hydrogen-bond donors (Lipinski definition) is 1. The molecule has 20 heavy (non-hydrogen) atoms. The number of hydrogen-bond acceptors (Lipinski definition) is 6. The smallest absolute Gasteiger partial charge is 0.148 e. The minimum Gasteiger partial charge on any atom is -0.497 e. The lowest BCUT2D eigenvalue weighted by Crippen LogP contribution is -2.05. The van der Waals surface area contributed by atoms with Crippen LogP contribution in [0.15, 0.2) is 35.6 Å². The molecule has 6 heteroatoms. The molecule has 1 aromatic heterocycles. The van der Waals surface area contributed by atoms with Crippen LogP contribution in [0, 0.1) is 11.3 Å². The average molecular weight is 286 g/mol. The zero-order chi connectivity index (χ0) is 14.4. The van der Waals surface area contributed by atoms with Gasteiger partial charge in [-0.15, -0.1) is 11.8 Å². The molecule has 0 amide bonds. The molecule has 1 N–H and O–H groups in total. The van der Waals surface area contributed by atoms with Gasteiger partial charge in [0.15, 0.2) is 0 Å². The number of aromatic nitrogens is 2. The van der Waals surface area contributed by atoms with Crippen molar-refractivity contribution in [2.24, 2.45) is 0 Å². The van der Waals surface area contributed by atoms with Gasteiger partial charge in [0.1, 0.15) is 34.6 Å². The first-order valence-corrected chi connectivity index (χ1v) is 7.17. The Morgan fingerprint density at radius 1 is 1.30 bits per heavy atom. The standard InChI is InChI=1S/C14H14N4OS/c1-19-11-5-3-10(4-6-11)8-16-13-12(7-15)14(20-2)18-9-17-13/h3-6,9H,8H2,1-2H3,(H,16,17,18). The monoisotopic (exact) mass is 286 g/mol. The lowest BCUT2D eigenvalue weighted by atomic mass is 10.2. The lowest BCUT2D eigenvalue weighted by Gasteiger charge is -2.09. The van der Waals surface area contributed by atoms with Crippen LogP contribution in [0.25, 0.3) is 0 Å². The number of rotatable bonds is 5. The molecule has 2 rings (SSSR count). The second-order valence-electron chi connectivity index (χ2n) is 3.92. The van der Waals surface area contributed by atoms with Crippen molar-refractivity contribution in [2.75, 3.05) is 18.7 Å². The fraction of sp³-hybridized carbons (Fsp3) is 0.214. The summed E-state index contributed by atoms with van der Waals surface area (Å²) in [6.45, 7) is 0.587. The van der Waals surface area contributed by atoms with Crippen LogP contribution in [-0.2, 0) is 6.54 Å². The molecule has 0 aliphatic carbocycles. The second-order valence-corrected chi connectivity index (χ2v) is 4.71. The SMILES string of the molecule is COc1ccc(CNc2ncnc(SC)c2C#N)cc1. The molecule has 2 aromatic rings. The Hall–Kier alpha value is -2.26. The predicted molar refractivity (Wildman–Crippen MR) is 78.8 cm³/mol. The van der Waals surface area contributed by atoms with Gasteiger partial charge in [-0.3, -0.25) is 0 Å². The van der Waals surface area contributed by atoms with E-state index in [9.17, 15) is 5.26 Å². The predicted octanol–water partition coefficient (Wildman–Crippen LogP) is 2.69. The maximum absolute atomic E-state index is 9.20. The highest BCUT2D eigenvalue weighted by Crippen LogP contribution is 2.22. The molecule has 0 saturated carbocycles. The summed E-state index contributed by atoms with van der Waals surface area (Å²) in [5.74, 6) is 1.38. The van der Waals surface area contributed by atoms with Gasteiger partial charge in [0.25, 0.3) is 0 Å². The van der Waals surface area contributed by atoms with Crippen LogP contribution >= 0.6 is 11.8 Å². The second kappa shape index (κ2) is 6.78. The molecule has 5 nitrogen and oxygen atoms in total. The van der Waals surface area contributed by atoms with Crippen LogP contribution in [-0.4, -0.2) is 23.3 Å². The molecular weight excluding hydrogens is 272 g/mol. The first-order valence-electron chi connectivity index (χ1n) is 5.94. The minimum absolute atomic E-state index is 0.480. The van der Waals surface area contributed by atoms with E-state index in [-0.39, 0.29) is 0 Å². The van der Waals surface area contributed by atoms with Gasteiger partial charge in [-0.1, -0.05) is 12.1 Å². The molecule has 0 saturated heterocycles. The summed E-state index contributed by atoms with van der Waals surface area (Å²) in [4.78, 5) is 8.20. The topological polar surface area (TPSA) is 70.8 Å². The van der Waals surface area contributed by atoms with Gasteiger partial charge in [-0.05, 0) is 24.0 Å². The lowest BCUT2D eigenvalue weighted by molar-refractivity contribution is 0.414. The third-order valence-electron chi connectivity index (χ3n) is 2.74. The number of benzene rings is 1. The quantitative estimate of drug-likeness (QED) is 0.673. The Kier molecular flexibility index (Phi) is 4.80. The van der Waals surface area contributed by atoms with Crippen molar-refractivity contribution in [1.29, 1.82) is 5.26 Å². The fourth-order valence-corrected chi connectivity index (χ4v) is 2.19. The molecule has 0 bridgehead atoms. The van der Waals surface area contributed by atoms with Crippen LogP contribution in [0.4, 0.5) is 5.82 Å². The Labute approximate surface area is 122 Å². The molecule has 0 aliphatic rings. The van der Waals surface area contributed by atoms with Crippen molar-refractivity contribution in [3.8, 4) is 11.8 Å². The summed E-state index contributed by atoms with van der Waals surface area (Å²) < 4.78 is 5.11. The first-order chi connectivity index (χ1) is 9.78. The highest BCUT2D eigenvalue weighted by Gasteiger charge is 2.09. The van der Waals surface area contributed by atoms with E-state index < -0.39 is 0 Å². The van der Waals surface area contributed by atoms with Crippen LogP contribution < -0.4 is 10.1 Å². The van der Waals surface area contributed by atoms with E-state index in [1.807, 2.05) is 30.5 Å². The number of thioether (sulfide) groups is 1. The molecule has 0 unspecified atom stereocenters. The zero-order valence-corrected chi connectivity index (χ0v) is 12.1. The maximum atomic E-state index is 9.20. The van der Waals surface area contributed by atoms with Gasteiger partial charge in [0.05, 0.1) is 7.11 Å². The summed E-state index contributed by atoms with van der Waals surface area (Å²) >= 11 is 1.43. The van der Waals surface area contributed by atoms with Crippen LogP contribution in [0.5, 0.6) is 5.75 Å². The van der Waals surface area contributed by atoms with Crippen molar-refractivity contribution in [2.45, 2.75) is 11.6 Å². The minimum atomic E-state index is 0.480. The summed E-state index contributed by atoms with van der Waals surface area (Å²) in [6, 6.07) is 9.87. The molecule has 1 aromatic carbocycles. The molecule has 1 heterocycles. The highest BCUT2D eigenvalue weighted by atomic mass is 32.2. The van der Waals surface area contributed by atoms with Gasteiger partial charge in [0.2, 0.25) is 0 Å². The van der Waals surface area contributed by atoms with E-state index in [0.29, 0.717) is 23.0 Å². The maximum Gasteiger partial charge on any atom is 0.148 e. The number of nitriles is 1. The highest BCUT2D eigenvalue weighted by molar-refractivity contribution is 7.98.